The molecule has 0 aliphatic heterocycles. The van der Waals surface area contributed by atoms with E-state index in [4.69, 9.17) is 30.0 Å². The van der Waals surface area contributed by atoms with Gasteiger partial charge in [0.15, 0.2) is 0 Å². The van der Waals surface area contributed by atoms with Crippen molar-refractivity contribution in [3.05, 3.63) is 0 Å². The number of aliphatic hydroxyl groups excluding tert-OH is 2. The Morgan fingerprint density at radius 3 is 1.29 bits per heavy atom. The van der Waals surface area contributed by atoms with Gasteiger partial charge in [-0.15, -0.1) is 0 Å². The zero-order valence-corrected chi connectivity index (χ0v) is 7.59. The van der Waals surface area contributed by atoms with E-state index in [2.05, 4.69) is 0 Å². The minimum Gasteiger partial charge on any atom is -0.473 e. The maximum absolute atomic E-state index is 9.10. The van der Waals surface area contributed by atoms with Crippen molar-refractivity contribution in [2.75, 3.05) is 0 Å². The molecule has 2 atom stereocenters. The lowest BCUT2D eigenvalue weighted by atomic mass is 9.95. The summed E-state index contributed by atoms with van der Waals surface area (Å²) in [7, 11) is 0. The predicted octanol–water partition coefficient (Wildman–Crippen LogP) is -0.562. The van der Waals surface area contributed by atoms with E-state index in [1.807, 2.05) is 0 Å². The summed E-state index contributed by atoms with van der Waals surface area (Å²) in [5.41, 5.74) is 0. The Morgan fingerprint density at radius 1 is 0.857 bits per heavy atom. The second-order valence-corrected chi connectivity index (χ2v) is 3.03. The third kappa shape index (κ3) is 5.50. The molecular formula is C8H14O6. The first kappa shape index (κ1) is 12.9. The second kappa shape index (κ2) is 6.33. The van der Waals surface area contributed by atoms with Gasteiger partial charge in [0, 0.05) is 0 Å². The van der Waals surface area contributed by atoms with Crippen molar-refractivity contribution in [1.29, 1.82) is 0 Å². The van der Waals surface area contributed by atoms with Crippen molar-refractivity contribution in [3.63, 3.8) is 0 Å². The van der Waals surface area contributed by atoms with Gasteiger partial charge in [0.2, 0.25) is 0 Å². The molecule has 0 aromatic rings. The average Bonchev–Trinajstić information content (AvgIpc) is 2.11. The largest absolute Gasteiger partial charge is 0.473 e. The van der Waals surface area contributed by atoms with Crippen molar-refractivity contribution in [2.24, 2.45) is 0 Å². The predicted molar refractivity (Wildman–Crippen MR) is 45.8 cm³/mol. The number of aliphatic carboxylic acids is 2. The molecule has 4 N–H and O–H groups in total. The van der Waals surface area contributed by atoms with Gasteiger partial charge in [0.1, 0.15) is 0 Å². The highest BCUT2D eigenvalue weighted by Gasteiger charge is 2.19. The van der Waals surface area contributed by atoms with Gasteiger partial charge in [-0.3, -0.25) is 0 Å². The monoisotopic (exact) mass is 206 g/mol. The van der Waals surface area contributed by atoms with Crippen molar-refractivity contribution in [2.45, 2.75) is 37.9 Å². The Balaban J connectivity index is 0.000000255. The Kier molecular flexibility index (Phi) is 5.82. The first-order chi connectivity index (χ1) is 6.45. The van der Waals surface area contributed by atoms with Crippen LogP contribution in [0.25, 0.3) is 0 Å². The third-order valence-electron chi connectivity index (χ3n) is 1.88. The lowest BCUT2D eigenvalue weighted by Crippen LogP contribution is -2.28. The molecule has 0 aromatic carbocycles. The van der Waals surface area contributed by atoms with Crippen LogP contribution in [0.2, 0.25) is 0 Å². The highest BCUT2D eigenvalue weighted by Crippen LogP contribution is 2.17. The molecule has 0 aromatic heterocycles. The summed E-state index contributed by atoms with van der Waals surface area (Å²) in [6.07, 6.45) is 2.81. The highest BCUT2D eigenvalue weighted by atomic mass is 16.4. The van der Waals surface area contributed by atoms with Gasteiger partial charge in [0.05, 0.1) is 12.2 Å². The lowest BCUT2D eigenvalue weighted by Gasteiger charge is -2.22. The van der Waals surface area contributed by atoms with Crippen LogP contribution in [-0.4, -0.2) is 44.6 Å². The van der Waals surface area contributed by atoms with Crippen LogP contribution in [0.1, 0.15) is 25.7 Å². The minimum absolute atomic E-state index is 0.441. The summed E-state index contributed by atoms with van der Waals surface area (Å²) >= 11 is 0. The van der Waals surface area contributed by atoms with Gasteiger partial charge < -0.3 is 20.4 Å². The summed E-state index contributed by atoms with van der Waals surface area (Å²) < 4.78 is 0. The molecule has 1 saturated carbocycles. The Bertz CT molecular complexity index is 180. The van der Waals surface area contributed by atoms with Crippen LogP contribution in [0, 0.1) is 0 Å². The van der Waals surface area contributed by atoms with Crippen LogP contribution in [0.4, 0.5) is 0 Å². The van der Waals surface area contributed by atoms with E-state index in [1.165, 1.54) is 0 Å². The topological polar surface area (TPSA) is 115 Å². The number of carbonyl (C=O) groups is 2. The summed E-state index contributed by atoms with van der Waals surface area (Å²) in [5, 5.41) is 32.6. The Hall–Kier alpha value is -1.14. The molecule has 0 radical (unpaired) electrons. The fraction of sp³-hybridized carbons (Fsp3) is 0.750. The molecule has 0 bridgehead atoms. The smallest absolute Gasteiger partial charge is 0.414 e. The molecule has 82 valence electrons. The van der Waals surface area contributed by atoms with Crippen molar-refractivity contribution in [3.8, 4) is 0 Å². The van der Waals surface area contributed by atoms with E-state index >= 15 is 0 Å². The minimum atomic E-state index is -1.82. The molecule has 6 heteroatoms. The fourth-order valence-electron chi connectivity index (χ4n) is 1.09. The number of hydrogen-bond donors (Lipinski definition) is 4. The van der Waals surface area contributed by atoms with Gasteiger partial charge in [-0.2, -0.15) is 0 Å². The average molecular weight is 206 g/mol. The SMILES string of the molecule is O=C(O)C(=O)O.OC1CCCCC1O. The Morgan fingerprint density at radius 2 is 1.14 bits per heavy atom. The molecule has 0 saturated heterocycles. The molecular weight excluding hydrogens is 192 g/mol. The van der Waals surface area contributed by atoms with Crippen molar-refractivity contribution in [1.82, 2.24) is 0 Å². The maximum Gasteiger partial charge on any atom is 0.414 e. The van der Waals surface area contributed by atoms with Crippen LogP contribution in [0.5, 0.6) is 0 Å². The molecule has 0 spiro atoms. The van der Waals surface area contributed by atoms with Crippen LogP contribution in [0.3, 0.4) is 0 Å². The van der Waals surface area contributed by atoms with E-state index in [0.717, 1.165) is 25.7 Å². The van der Waals surface area contributed by atoms with Crippen LogP contribution in [0.15, 0.2) is 0 Å². The van der Waals surface area contributed by atoms with E-state index in [-0.39, 0.29) is 0 Å². The number of rotatable bonds is 0. The first-order valence-electron chi connectivity index (χ1n) is 4.27. The molecule has 2 unspecified atom stereocenters. The number of aliphatic hydroxyl groups is 2. The zero-order valence-electron chi connectivity index (χ0n) is 7.59. The fourth-order valence-corrected chi connectivity index (χ4v) is 1.09. The highest BCUT2D eigenvalue weighted by molar-refractivity contribution is 6.27. The summed E-state index contributed by atoms with van der Waals surface area (Å²) in [6.45, 7) is 0. The van der Waals surface area contributed by atoms with E-state index in [0.29, 0.717) is 0 Å². The third-order valence-corrected chi connectivity index (χ3v) is 1.88. The van der Waals surface area contributed by atoms with E-state index in [1.54, 1.807) is 0 Å². The van der Waals surface area contributed by atoms with Crippen LogP contribution in [-0.2, 0) is 9.59 Å². The van der Waals surface area contributed by atoms with Gasteiger partial charge in [0.25, 0.3) is 0 Å². The second-order valence-electron chi connectivity index (χ2n) is 3.03. The molecule has 1 aliphatic rings. The summed E-state index contributed by atoms with van der Waals surface area (Å²) in [6, 6.07) is 0. The molecule has 1 aliphatic carbocycles. The normalized spacial score (nSPS) is 25.9. The van der Waals surface area contributed by atoms with E-state index < -0.39 is 24.1 Å². The zero-order chi connectivity index (χ0) is 11.1. The number of hydrogen-bond acceptors (Lipinski definition) is 4. The molecule has 1 fully saturated rings. The quantitative estimate of drug-likeness (QED) is 0.395. The van der Waals surface area contributed by atoms with Crippen molar-refractivity contribution < 1.29 is 30.0 Å². The molecule has 14 heavy (non-hydrogen) atoms. The van der Waals surface area contributed by atoms with Gasteiger partial charge >= 0.3 is 11.9 Å². The number of carboxylic acid groups (broad SMARTS) is 2. The first-order valence-corrected chi connectivity index (χ1v) is 4.27. The standard InChI is InChI=1S/C6H12O2.C2H2O4/c7-5-3-1-2-4-6(5)8;3-1(4)2(5)6/h5-8H,1-4H2;(H,3,4)(H,5,6). The maximum atomic E-state index is 9.10. The lowest BCUT2D eigenvalue weighted by molar-refractivity contribution is -0.159. The Labute approximate surface area is 80.8 Å². The van der Waals surface area contributed by atoms with Crippen molar-refractivity contribution >= 4 is 11.9 Å². The van der Waals surface area contributed by atoms with Crippen LogP contribution < -0.4 is 0 Å². The molecule has 1 rings (SSSR count). The van der Waals surface area contributed by atoms with Gasteiger partial charge in [-0.25, -0.2) is 9.59 Å². The van der Waals surface area contributed by atoms with Crippen LogP contribution >= 0.6 is 0 Å². The molecule has 0 heterocycles. The summed E-state index contributed by atoms with van der Waals surface area (Å²) in [4.78, 5) is 18.2. The molecule has 0 amide bonds. The van der Waals surface area contributed by atoms with E-state index in [9.17, 15) is 0 Å². The number of carboxylic acids is 2. The van der Waals surface area contributed by atoms with Gasteiger partial charge in [-0.1, -0.05) is 12.8 Å². The van der Waals surface area contributed by atoms with Gasteiger partial charge in [-0.05, 0) is 12.8 Å². The molecule has 6 nitrogen and oxygen atoms in total. The summed E-state index contributed by atoms with van der Waals surface area (Å²) in [5.74, 6) is -3.65.